The molecule has 0 saturated carbocycles. The third-order valence-electron chi connectivity index (χ3n) is 3.05. The molecule has 0 aromatic carbocycles. The first-order valence-electron chi connectivity index (χ1n) is 7.17. The molecule has 0 amide bonds. The van der Waals surface area contributed by atoms with E-state index in [1.807, 2.05) is 38.1 Å². The summed E-state index contributed by atoms with van der Waals surface area (Å²) >= 11 is 0. The van der Waals surface area contributed by atoms with Gasteiger partial charge in [0.15, 0.2) is 0 Å². The van der Waals surface area contributed by atoms with E-state index in [0.29, 0.717) is 11.6 Å². The van der Waals surface area contributed by atoms with E-state index in [-0.39, 0.29) is 6.10 Å². The first-order valence-corrected chi connectivity index (χ1v) is 7.17. The Labute approximate surface area is 125 Å². The molecule has 0 atom stereocenters. The summed E-state index contributed by atoms with van der Waals surface area (Å²) in [5.41, 5.74) is 7.67. The number of hydrogen-bond donors (Lipinski definition) is 1. The van der Waals surface area contributed by atoms with Gasteiger partial charge in [-0.1, -0.05) is 0 Å². The molecule has 0 aliphatic rings. The van der Waals surface area contributed by atoms with Crippen LogP contribution in [-0.2, 0) is 6.54 Å². The smallest absolute Gasteiger partial charge is 0.239 e. The van der Waals surface area contributed by atoms with Crippen LogP contribution in [0.4, 0.5) is 11.5 Å². The van der Waals surface area contributed by atoms with Gasteiger partial charge in [-0.05, 0) is 50.6 Å². The number of nitrogen functional groups attached to an aromatic ring is 1. The molecule has 0 radical (unpaired) electrons. The summed E-state index contributed by atoms with van der Waals surface area (Å²) in [6, 6.07) is 7.78. The fourth-order valence-electron chi connectivity index (χ4n) is 2.00. The van der Waals surface area contributed by atoms with E-state index < -0.39 is 0 Å². The second-order valence-electron chi connectivity index (χ2n) is 5.10. The number of aromatic nitrogens is 2. The normalized spacial score (nSPS) is 10.7. The van der Waals surface area contributed by atoms with Gasteiger partial charge < -0.3 is 15.4 Å². The van der Waals surface area contributed by atoms with Gasteiger partial charge in [0.05, 0.1) is 11.8 Å². The summed E-state index contributed by atoms with van der Waals surface area (Å²) in [5.74, 6) is 1.36. The van der Waals surface area contributed by atoms with Crippen LogP contribution in [-0.4, -0.2) is 22.6 Å². The third kappa shape index (κ3) is 4.08. The van der Waals surface area contributed by atoms with Crippen LogP contribution in [0.1, 0.15) is 26.3 Å². The van der Waals surface area contributed by atoms with Gasteiger partial charge in [-0.3, -0.25) is 4.98 Å². The summed E-state index contributed by atoms with van der Waals surface area (Å²) in [5, 5.41) is 0. The van der Waals surface area contributed by atoms with Gasteiger partial charge in [-0.25, -0.2) is 0 Å². The molecular weight excluding hydrogens is 264 g/mol. The third-order valence-corrected chi connectivity index (χ3v) is 3.05. The lowest BCUT2D eigenvalue weighted by Crippen LogP contribution is -2.23. The zero-order valence-electron chi connectivity index (χ0n) is 12.8. The van der Waals surface area contributed by atoms with Crippen LogP contribution in [0.3, 0.4) is 0 Å². The zero-order valence-corrected chi connectivity index (χ0v) is 12.8. The molecule has 0 bridgehead atoms. The van der Waals surface area contributed by atoms with E-state index >= 15 is 0 Å². The van der Waals surface area contributed by atoms with Crippen LogP contribution in [0, 0.1) is 0 Å². The molecule has 5 nitrogen and oxygen atoms in total. The number of nitrogens with zero attached hydrogens (tertiary/aromatic N) is 3. The molecule has 0 fully saturated rings. The Bertz CT molecular complexity index is 572. The molecule has 0 aliphatic heterocycles. The fraction of sp³-hybridized carbons (Fsp3) is 0.375. The maximum atomic E-state index is 5.92. The van der Waals surface area contributed by atoms with E-state index in [4.69, 9.17) is 10.5 Å². The van der Waals surface area contributed by atoms with Crippen molar-refractivity contribution in [2.45, 2.75) is 33.4 Å². The van der Waals surface area contributed by atoms with Crippen LogP contribution >= 0.6 is 0 Å². The van der Waals surface area contributed by atoms with Crippen molar-refractivity contribution in [2.75, 3.05) is 17.2 Å². The molecule has 0 aliphatic carbocycles. The minimum absolute atomic E-state index is 0.0466. The van der Waals surface area contributed by atoms with Gasteiger partial charge in [0.2, 0.25) is 5.88 Å². The highest BCUT2D eigenvalue weighted by Gasteiger charge is 2.11. The van der Waals surface area contributed by atoms with Gasteiger partial charge in [0, 0.05) is 25.5 Å². The first kappa shape index (κ1) is 15.1. The van der Waals surface area contributed by atoms with E-state index in [9.17, 15) is 0 Å². The number of nitrogens with two attached hydrogens (primary N) is 1. The SMILES string of the molecule is CCN(Cc1ccncc1)c1ccc(N)c(OC(C)C)n1. The molecule has 5 heteroatoms. The van der Waals surface area contributed by atoms with Gasteiger partial charge >= 0.3 is 0 Å². The van der Waals surface area contributed by atoms with Crippen molar-refractivity contribution in [2.24, 2.45) is 0 Å². The standard InChI is InChI=1S/C16H22N4O/c1-4-20(11-13-7-9-18-10-8-13)15-6-5-14(17)16(19-15)21-12(2)3/h5-10,12H,4,11,17H2,1-3H3. The minimum Gasteiger partial charge on any atom is -0.473 e. The summed E-state index contributed by atoms with van der Waals surface area (Å²) in [7, 11) is 0. The quantitative estimate of drug-likeness (QED) is 0.884. The molecule has 0 spiro atoms. The van der Waals surface area contributed by atoms with Gasteiger partial charge in [0.25, 0.3) is 0 Å². The molecule has 112 valence electrons. The van der Waals surface area contributed by atoms with Crippen LogP contribution in [0.2, 0.25) is 0 Å². The molecule has 2 aromatic heterocycles. The average molecular weight is 286 g/mol. The highest BCUT2D eigenvalue weighted by Crippen LogP contribution is 2.24. The summed E-state index contributed by atoms with van der Waals surface area (Å²) in [6.07, 6.45) is 3.64. The van der Waals surface area contributed by atoms with Crippen molar-refractivity contribution in [3.05, 3.63) is 42.2 Å². The fourth-order valence-corrected chi connectivity index (χ4v) is 2.00. The van der Waals surface area contributed by atoms with Crippen molar-refractivity contribution < 1.29 is 4.74 Å². The lowest BCUT2D eigenvalue weighted by atomic mass is 10.2. The highest BCUT2D eigenvalue weighted by molar-refractivity contribution is 5.54. The predicted octanol–water partition coefficient (Wildman–Crippen LogP) is 2.87. The highest BCUT2D eigenvalue weighted by atomic mass is 16.5. The van der Waals surface area contributed by atoms with Crippen molar-refractivity contribution in [3.8, 4) is 5.88 Å². The van der Waals surface area contributed by atoms with E-state index in [1.165, 1.54) is 5.56 Å². The number of hydrogen-bond acceptors (Lipinski definition) is 5. The molecule has 2 heterocycles. The monoisotopic (exact) mass is 286 g/mol. The Morgan fingerprint density at radius 2 is 1.90 bits per heavy atom. The summed E-state index contributed by atoms with van der Waals surface area (Å²) in [6.45, 7) is 7.64. The Hall–Kier alpha value is -2.30. The minimum atomic E-state index is 0.0466. The Morgan fingerprint density at radius 1 is 1.19 bits per heavy atom. The molecule has 2 aromatic rings. The zero-order chi connectivity index (χ0) is 15.2. The second kappa shape index (κ2) is 6.92. The van der Waals surface area contributed by atoms with Gasteiger partial charge in [0.1, 0.15) is 5.82 Å². The van der Waals surface area contributed by atoms with Crippen molar-refractivity contribution in [3.63, 3.8) is 0 Å². The number of pyridine rings is 2. The second-order valence-corrected chi connectivity index (χ2v) is 5.10. The van der Waals surface area contributed by atoms with Crippen LogP contribution < -0.4 is 15.4 Å². The predicted molar refractivity (Wildman–Crippen MR) is 85.4 cm³/mol. The molecule has 2 N–H and O–H groups in total. The van der Waals surface area contributed by atoms with E-state index in [0.717, 1.165) is 18.9 Å². The van der Waals surface area contributed by atoms with Gasteiger partial charge in [-0.2, -0.15) is 4.98 Å². The lowest BCUT2D eigenvalue weighted by molar-refractivity contribution is 0.234. The van der Waals surface area contributed by atoms with E-state index in [1.54, 1.807) is 12.4 Å². The van der Waals surface area contributed by atoms with Crippen molar-refractivity contribution in [1.82, 2.24) is 9.97 Å². The summed E-state index contributed by atoms with van der Waals surface area (Å²) in [4.78, 5) is 10.8. The summed E-state index contributed by atoms with van der Waals surface area (Å²) < 4.78 is 5.66. The maximum Gasteiger partial charge on any atom is 0.239 e. The number of anilines is 2. The van der Waals surface area contributed by atoms with Gasteiger partial charge in [-0.15, -0.1) is 0 Å². The Balaban J connectivity index is 2.21. The Kier molecular flexibility index (Phi) is 4.98. The van der Waals surface area contributed by atoms with Crippen molar-refractivity contribution >= 4 is 11.5 Å². The van der Waals surface area contributed by atoms with E-state index in [2.05, 4.69) is 21.8 Å². The molecule has 2 rings (SSSR count). The first-order chi connectivity index (χ1) is 10.1. The maximum absolute atomic E-state index is 5.92. The Morgan fingerprint density at radius 3 is 2.52 bits per heavy atom. The largest absolute Gasteiger partial charge is 0.473 e. The van der Waals surface area contributed by atoms with Crippen molar-refractivity contribution in [1.29, 1.82) is 0 Å². The molecular formula is C16H22N4O. The van der Waals surface area contributed by atoms with Crippen LogP contribution in [0.25, 0.3) is 0 Å². The average Bonchev–Trinajstić information content (AvgIpc) is 2.48. The molecule has 21 heavy (non-hydrogen) atoms. The lowest BCUT2D eigenvalue weighted by Gasteiger charge is -2.23. The molecule has 0 unspecified atom stereocenters. The topological polar surface area (TPSA) is 64.3 Å². The van der Waals surface area contributed by atoms with Crippen LogP contribution in [0.5, 0.6) is 5.88 Å². The van der Waals surface area contributed by atoms with Crippen LogP contribution in [0.15, 0.2) is 36.7 Å². The molecule has 0 saturated heterocycles. The number of ether oxygens (including phenoxy) is 1. The number of rotatable bonds is 6.